The number of nitrogens with zero attached hydrogens (tertiary/aromatic N) is 1. The van der Waals surface area contributed by atoms with E-state index in [0.29, 0.717) is 17.9 Å². The van der Waals surface area contributed by atoms with Crippen molar-refractivity contribution in [2.45, 2.75) is 51.5 Å². The molecule has 168 valence electrons. The number of carbonyl (C=O) groups is 1. The zero-order valence-electron chi connectivity index (χ0n) is 18.6. The minimum Gasteiger partial charge on any atom is -0.495 e. The van der Waals surface area contributed by atoms with Crippen LogP contribution in [0, 0.1) is 0 Å². The molecule has 0 fully saturated rings. The summed E-state index contributed by atoms with van der Waals surface area (Å²) in [6, 6.07) is 13.4. The van der Waals surface area contributed by atoms with Crippen molar-refractivity contribution in [3.8, 4) is 5.75 Å². The molecule has 0 aromatic heterocycles. The second-order valence-electron chi connectivity index (χ2n) is 8.13. The van der Waals surface area contributed by atoms with Crippen molar-refractivity contribution < 1.29 is 17.9 Å². The predicted molar refractivity (Wildman–Crippen MR) is 124 cm³/mol. The van der Waals surface area contributed by atoms with E-state index < -0.39 is 10.0 Å². The SMILES string of the molecule is COc1ccccc1N(CCCC(=O)N[C@H](C)c1ccc2c(c1)CCCC2)S(C)(=O)=O. The standard InChI is InChI=1S/C24H32N2O4S/c1-18(20-15-14-19-9-4-5-10-21(19)17-20)25-24(27)13-8-16-26(31(3,28)29)22-11-6-7-12-23(22)30-2/h6-7,11-12,14-15,17-18H,4-5,8-10,13,16H2,1-3H3,(H,25,27)/t18-/m1/s1. The van der Waals surface area contributed by atoms with Gasteiger partial charge in [0.05, 0.1) is 25.1 Å². The van der Waals surface area contributed by atoms with Gasteiger partial charge in [-0.1, -0.05) is 30.3 Å². The highest BCUT2D eigenvalue weighted by molar-refractivity contribution is 7.92. The minimum absolute atomic E-state index is 0.0834. The molecule has 1 aliphatic rings. The summed E-state index contributed by atoms with van der Waals surface area (Å²) in [4.78, 5) is 12.5. The van der Waals surface area contributed by atoms with Crippen molar-refractivity contribution >= 4 is 21.6 Å². The Balaban J connectivity index is 1.58. The van der Waals surface area contributed by atoms with E-state index >= 15 is 0 Å². The fraction of sp³-hybridized carbons (Fsp3) is 0.458. The van der Waals surface area contributed by atoms with Gasteiger partial charge in [0, 0.05) is 13.0 Å². The zero-order chi connectivity index (χ0) is 22.4. The number of sulfonamides is 1. The first-order valence-corrected chi connectivity index (χ1v) is 12.7. The number of carbonyl (C=O) groups excluding carboxylic acids is 1. The number of rotatable bonds is 9. The Labute approximate surface area is 185 Å². The molecule has 31 heavy (non-hydrogen) atoms. The third-order valence-corrected chi connectivity index (χ3v) is 6.95. The Morgan fingerprint density at radius 1 is 1.13 bits per heavy atom. The Morgan fingerprint density at radius 3 is 2.55 bits per heavy atom. The zero-order valence-corrected chi connectivity index (χ0v) is 19.4. The Morgan fingerprint density at radius 2 is 1.84 bits per heavy atom. The molecule has 1 N–H and O–H groups in total. The van der Waals surface area contributed by atoms with Crippen molar-refractivity contribution in [2.75, 3.05) is 24.2 Å². The molecule has 0 bridgehead atoms. The van der Waals surface area contributed by atoms with E-state index in [1.807, 2.05) is 6.92 Å². The summed E-state index contributed by atoms with van der Waals surface area (Å²) in [5.41, 5.74) is 4.41. The lowest BCUT2D eigenvalue weighted by Gasteiger charge is -2.24. The maximum atomic E-state index is 12.5. The summed E-state index contributed by atoms with van der Waals surface area (Å²) in [5, 5.41) is 3.05. The van der Waals surface area contributed by atoms with Gasteiger partial charge in [-0.25, -0.2) is 8.42 Å². The highest BCUT2D eigenvalue weighted by atomic mass is 32.2. The van der Waals surface area contributed by atoms with E-state index in [1.54, 1.807) is 24.3 Å². The van der Waals surface area contributed by atoms with Gasteiger partial charge in [0.15, 0.2) is 0 Å². The molecule has 0 aliphatic heterocycles. The van der Waals surface area contributed by atoms with Crippen LogP contribution in [0.5, 0.6) is 5.75 Å². The molecule has 2 aromatic carbocycles. The van der Waals surface area contributed by atoms with Crippen LogP contribution in [0.3, 0.4) is 0 Å². The van der Waals surface area contributed by atoms with Crippen LogP contribution in [0.15, 0.2) is 42.5 Å². The van der Waals surface area contributed by atoms with Crippen LogP contribution in [0.4, 0.5) is 5.69 Å². The molecule has 1 amide bonds. The van der Waals surface area contributed by atoms with Gasteiger partial charge in [0.1, 0.15) is 5.75 Å². The maximum Gasteiger partial charge on any atom is 0.232 e. The first kappa shape index (κ1) is 23.1. The molecular weight excluding hydrogens is 412 g/mol. The van der Waals surface area contributed by atoms with E-state index in [0.717, 1.165) is 24.7 Å². The van der Waals surface area contributed by atoms with Gasteiger partial charge >= 0.3 is 0 Å². The van der Waals surface area contributed by atoms with E-state index in [1.165, 1.54) is 35.4 Å². The molecule has 0 spiro atoms. The van der Waals surface area contributed by atoms with Gasteiger partial charge in [-0.05, 0) is 67.9 Å². The highest BCUT2D eigenvalue weighted by Crippen LogP contribution is 2.30. The summed E-state index contributed by atoms with van der Waals surface area (Å²) in [5.74, 6) is 0.400. The molecule has 2 aromatic rings. The Bertz CT molecular complexity index is 1020. The van der Waals surface area contributed by atoms with E-state index in [-0.39, 0.29) is 24.9 Å². The van der Waals surface area contributed by atoms with Gasteiger partial charge in [0.2, 0.25) is 15.9 Å². The van der Waals surface area contributed by atoms with Crippen LogP contribution in [-0.2, 0) is 27.7 Å². The predicted octanol–water partition coefficient (Wildman–Crippen LogP) is 4.00. The lowest BCUT2D eigenvalue weighted by Crippen LogP contribution is -2.33. The number of fused-ring (bicyclic) bond motifs is 1. The fourth-order valence-corrected chi connectivity index (χ4v) is 5.07. The van der Waals surface area contributed by atoms with Crippen molar-refractivity contribution in [3.63, 3.8) is 0 Å². The van der Waals surface area contributed by atoms with Gasteiger partial charge in [-0.3, -0.25) is 9.10 Å². The molecule has 3 rings (SSSR count). The first-order valence-electron chi connectivity index (χ1n) is 10.8. The van der Waals surface area contributed by atoms with Crippen LogP contribution in [0.25, 0.3) is 0 Å². The smallest absolute Gasteiger partial charge is 0.232 e. The lowest BCUT2D eigenvalue weighted by atomic mass is 9.89. The second kappa shape index (κ2) is 10.2. The van der Waals surface area contributed by atoms with Crippen LogP contribution in [0.1, 0.15) is 55.3 Å². The average molecular weight is 445 g/mol. The fourth-order valence-electron chi connectivity index (χ4n) is 4.10. The van der Waals surface area contributed by atoms with Crippen molar-refractivity contribution in [1.29, 1.82) is 0 Å². The molecule has 1 atom stereocenters. The normalized spacial score (nSPS) is 14.4. The van der Waals surface area contributed by atoms with Crippen molar-refractivity contribution in [1.82, 2.24) is 5.32 Å². The van der Waals surface area contributed by atoms with Crippen LogP contribution < -0.4 is 14.4 Å². The molecule has 1 aliphatic carbocycles. The average Bonchev–Trinajstić information content (AvgIpc) is 2.75. The molecule has 0 saturated carbocycles. The van der Waals surface area contributed by atoms with E-state index in [9.17, 15) is 13.2 Å². The lowest BCUT2D eigenvalue weighted by molar-refractivity contribution is -0.121. The van der Waals surface area contributed by atoms with Crippen LogP contribution in [0.2, 0.25) is 0 Å². The number of aryl methyl sites for hydroxylation is 2. The minimum atomic E-state index is -3.50. The second-order valence-corrected chi connectivity index (χ2v) is 10.0. The summed E-state index contributed by atoms with van der Waals surface area (Å²) < 4.78 is 31.3. The van der Waals surface area contributed by atoms with Gasteiger partial charge in [-0.2, -0.15) is 0 Å². The molecule has 0 unspecified atom stereocenters. The third kappa shape index (κ3) is 6.00. The van der Waals surface area contributed by atoms with Crippen molar-refractivity contribution in [3.05, 3.63) is 59.2 Å². The number of amides is 1. The number of anilines is 1. The molecule has 6 nitrogen and oxygen atoms in total. The van der Waals surface area contributed by atoms with Gasteiger partial charge in [0.25, 0.3) is 0 Å². The van der Waals surface area contributed by atoms with E-state index in [4.69, 9.17) is 4.74 Å². The van der Waals surface area contributed by atoms with Crippen LogP contribution >= 0.6 is 0 Å². The molecule has 0 radical (unpaired) electrons. The number of hydrogen-bond donors (Lipinski definition) is 1. The third-order valence-electron chi connectivity index (χ3n) is 5.77. The molecule has 0 saturated heterocycles. The summed E-state index contributed by atoms with van der Waals surface area (Å²) in [6.45, 7) is 2.19. The molecular formula is C24H32N2O4S. The molecule has 7 heteroatoms. The van der Waals surface area contributed by atoms with Crippen LogP contribution in [-0.4, -0.2) is 34.2 Å². The van der Waals surface area contributed by atoms with Gasteiger partial charge < -0.3 is 10.1 Å². The number of methoxy groups -OCH3 is 1. The monoisotopic (exact) mass is 444 g/mol. The maximum absolute atomic E-state index is 12.5. The number of ether oxygens (including phenoxy) is 1. The number of nitrogens with one attached hydrogen (secondary N) is 1. The van der Waals surface area contributed by atoms with Gasteiger partial charge in [-0.15, -0.1) is 0 Å². The van der Waals surface area contributed by atoms with E-state index in [2.05, 4.69) is 23.5 Å². The topological polar surface area (TPSA) is 75.7 Å². The quantitative estimate of drug-likeness (QED) is 0.634. The summed E-state index contributed by atoms with van der Waals surface area (Å²) >= 11 is 0. The Kier molecular flexibility index (Phi) is 7.59. The summed E-state index contributed by atoms with van der Waals surface area (Å²) in [7, 11) is -1.99. The van der Waals surface area contributed by atoms with Crippen molar-refractivity contribution in [2.24, 2.45) is 0 Å². The number of benzene rings is 2. The highest BCUT2D eigenvalue weighted by Gasteiger charge is 2.21. The first-order chi connectivity index (χ1) is 14.8. The number of para-hydroxylation sites is 2. The Hall–Kier alpha value is -2.54. The number of hydrogen-bond acceptors (Lipinski definition) is 4. The largest absolute Gasteiger partial charge is 0.495 e. The summed E-state index contributed by atoms with van der Waals surface area (Å²) in [6.07, 6.45) is 6.54. The molecule has 0 heterocycles.